The topological polar surface area (TPSA) is 46.3 Å². The predicted octanol–water partition coefficient (Wildman–Crippen LogP) is 0.724. The molecule has 2 aromatic rings. The van der Waals surface area contributed by atoms with Crippen molar-refractivity contribution in [3.8, 4) is 0 Å². The van der Waals surface area contributed by atoms with Crippen LogP contribution in [0.4, 0.5) is 5.82 Å². The van der Waals surface area contributed by atoms with Gasteiger partial charge in [-0.15, -0.1) is 10.2 Å². The standard InChI is InChI=1S/C9H11N5/c1-2-5-13(4-1)8-9-12-11-7-14(9)6-3-10-8/h3,6-7H,1-2,4-5H2. The molecule has 0 saturated carbocycles. The van der Waals surface area contributed by atoms with Crippen molar-refractivity contribution in [1.82, 2.24) is 19.6 Å². The quantitative estimate of drug-likeness (QED) is 0.663. The average Bonchev–Trinajstić information content (AvgIpc) is 2.88. The van der Waals surface area contributed by atoms with Crippen molar-refractivity contribution in [1.29, 1.82) is 0 Å². The van der Waals surface area contributed by atoms with Crippen LogP contribution in [0.15, 0.2) is 18.7 Å². The molecule has 1 fully saturated rings. The van der Waals surface area contributed by atoms with Crippen LogP contribution in [0.3, 0.4) is 0 Å². The molecule has 0 spiro atoms. The van der Waals surface area contributed by atoms with E-state index in [9.17, 15) is 0 Å². The zero-order valence-electron chi connectivity index (χ0n) is 7.80. The molecule has 0 bridgehead atoms. The summed E-state index contributed by atoms with van der Waals surface area (Å²) in [6.45, 7) is 2.17. The second-order valence-electron chi connectivity index (χ2n) is 3.51. The van der Waals surface area contributed by atoms with Crippen LogP contribution >= 0.6 is 0 Å². The molecule has 14 heavy (non-hydrogen) atoms. The van der Waals surface area contributed by atoms with Gasteiger partial charge in [-0.25, -0.2) is 4.98 Å². The van der Waals surface area contributed by atoms with Crippen LogP contribution in [-0.2, 0) is 0 Å². The molecular weight excluding hydrogens is 178 g/mol. The lowest BCUT2D eigenvalue weighted by Gasteiger charge is -2.15. The summed E-state index contributed by atoms with van der Waals surface area (Å²) in [5, 5.41) is 7.95. The summed E-state index contributed by atoms with van der Waals surface area (Å²) >= 11 is 0. The molecule has 0 atom stereocenters. The van der Waals surface area contributed by atoms with Gasteiger partial charge in [-0.2, -0.15) is 0 Å². The van der Waals surface area contributed by atoms with Crippen LogP contribution in [0.5, 0.6) is 0 Å². The van der Waals surface area contributed by atoms with Gasteiger partial charge in [0.05, 0.1) is 0 Å². The molecule has 1 saturated heterocycles. The van der Waals surface area contributed by atoms with Crippen molar-refractivity contribution >= 4 is 11.5 Å². The fourth-order valence-corrected chi connectivity index (χ4v) is 1.90. The zero-order valence-corrected chi connectivity index (χ0v) is 7.80. The number of rotatable bonds is 1. The summed E-state index contributed by atoms with van der Waals surface area (Å²) in [7, 11) is 0. The lowest BCUT2D eigenvalue weighted by molar-refractivity contribution is 0.927. The van der Waals surface area contributed by atoms with E-state index in [1.165, 1.54) is 12.8 Å². The van der Waals surface area contributed by atoms with Gasteiger partial charge in [0.15, 0.2) is 5.82 Å². The van der Waals surface area contributed by atoms with Crippen LogP contribution in [0.1, 0.15) is 12.8 Å². The summed E-state index contributed by atoms with van der Waals surface area (Å²) in [5.74, 6) is 0.961. The minimum absolute atomic E-state index is 0.856. The van der Waals surface area contributed by atoms with E-state index in [4.69, 9.17) is 0 Å². The van der Waals surface area contributed by atoms with Crippen molar-refractivity contribution in [2.45, 2.75) is 12.8 Å². The zero-order chi connectivity index (χ0) is 9.38. The molecule has 72 valence electrons. The molecule has 3 heterocycles. The number of anilines is 1. The Morgan fingerprint density at radius 2 is 2.07 bits per heavy atom. The van der Waals surface area contributed by atoms with Crippen molar-refractivity contribution in [2.24, 2.45) is 0 Å². The number of nitrogens with zero attached hydrogens (tertiary/aromatic N) is 5. The van der Waals surface area contributed by atoms with E-state index in [0.717, 1.165) is 24.6 Å². The Balaban J connectivity index is 2.14. The molecule has 1 aliphatic heterocycles. The normalized spacial score (nSPS) is 16.7. The molecule has 0 N–H and O–H groups in total. The maximum atomic E-state index is 4.36. The van der Waals surface area contributed by atoms with Gasteiger partial charge in [-0.1, -0.05) is 0 Å². The molecule has 0 amide bonds. The Bertz CT molecular complexity index is 443. The van der Waals surface area contributed by atoms with Crippen LogP contribution in [0.25, 0.3) is 5.65 Å². The molecule has 0 unspecified atom stereocenters. The molecule has 3 rings (SSSR count). The van der Waals surface area contributed by atoms with Gasteiger partial charge in [-0.05, 0) is 12.8 Å². The largest absolute Gasteiger partial charge is 0.353 e. The monoisotopic (exact) mass is 189 g/mol. The second-order valence-corrected chi connectivity index (χ2v) is 3.51. The van der Waals surface area contributed by atoms with Crippen molar-refractivity contribution in [3.05, 3.63) is 18.7 Å². The first-order chi connectivity index (χ1) is 6.95. The molecule has 2 aromatic heterocycles. The minimum Gasteiger partial charge on any atom is -0.353 e. The fraction of sp³-hybridized carbons (Fsp3) is 0.444. The van der Waals surface area contributed by atoms with Gasteiger partial charge in [0.25, 0.3) is 0 Å². The highest BCUT2D eigenvalue weighted by molar-refractivity contribution is 5.63. The maximum Gasteiger partial charge on any atom is 0.203 e. The third-order valence-corrected chi connectivity index (χ3v) is 2.60. The number of hydrogen-bond acceptors (Lipinski definition) is 4. The molecule has 0 aromatic carbocycles. The van der Waals surface area contributed by atoms with Crippen LogP contribution < -0.4 is 4.90 Å². The first kappa shape index (κ1) is 7.73. The van der Waals surface area contributed by atoms with Gasteiger partial charge in [-0.3, -0.25) is 4.40 Å². The van der Waals surface area contributed by atoms with Crippen molar-refractivity contribution in [3.63, 3.8) is 0 Å². The lowest BCUT2D eigenvalue weighted by atomic mass is 10.4. The molecular formula is C9H11N5. The first-order valence-corrected chi connectivity index (χ1v) is 4.84. The molecule has 5 nitrogen and oxygen atoms in total. The third-order valence-electron chi connectivity index (χ3n) is 2.60. The Morgan fingerprint density at radius 1 is 1.21 bits per heavy atom. The summed E-state index contributed by atoms with van der Waals surface area (Å²) in [6.07, 6.45) is 7.86. The van der Waals surface area contributed by atoms with E-state index < -0.39 is 0 Å². The summed E-state index contributed by atoms with van der Waals surface area (Å²) in [5.41, 5.74) is 0.856. The minimum atomic E-state index is 0.856. The van der Waals surface area contributed by atoms with E-state index in [2.05, 4.69) is 20.1 Å². The van der Waals surface area contributed by atoms with Gasteiger partial charge >= 0.3 is 0 Å². The summed E-state index contributed by atoms with van der Waals surface area (Å²) in [4.78, 5) is 6.63. The molecule has 0 radical (unpaired) electrons. The van der Waals surface area contributed by atoms with Crippen LogP contribution in [0.2, 0.25) is 0 Å². The van der Waals surface area contributed by atoms with Gasteiger partial charge < -0.3 is 4.90 Å². The van der Waals surface area contributed by atoms with Crippen molar-refractivity contribution < 1.29 is 0 Å². The maximum absolute atomic E-state index is 4.36. The predicted molar refractivity (Wildman–Crippen MR) is 52.2 cm³/mol. The van der Waals surface area contributed by atoms with E-state index in [-0.39, 0.29) is 0 Å². The smallest absolute Gasteiger partial charge is 0.203 e. The van der Waals surface area contributed by atoms with E-state index >= 15 is 0 Å². The molecule has 1 aliphatic rings. The number of fused-ring (bicyclic) bond motifs is 1. The van der Waals surface area contributed by atoms with E-state index in [1.807, 2.05) is 10.6 Å². The Labute approximate surface area is 81.4 Å². The van der Waals surface area contributed by atoms with Gasteiger partial charge in [0.1, 0.15) is 6.33 Å². The first-order valence-electron chi connectivity index (χ1n) is 4.84. The van der Waals surface area contributed by atoms with E-state index in [0.29, 0.717) is 0 Å². The Hall–Kier alpha value is -1.65. The summed E-state index contributed by atoms with van der Waals surface area (Å²) in [6, 6.07) is 0. The summed E-state index contributed by atoms with van der Waals surface area (Å²) < 4.78 is 1.90. The molecule has 5 heteroatoms. The Kier molecular flexibility index (Phi) is 1.62. The van der Waals surface area contributed by atoms with Gasteiger partial charge in [0.2, 0.25) is 5.65 Å². The van der Waals surface area contributed by atoms with Crippen molar-refractivity contribution in [2.75, 3.05) is 18.0 Å². The van der Waals surface area contributed by atoms with E-state index in [1.54, 1.807) is 12.5 Å². The number of hydrogen-bond donors (Lipinski definition) is 0. The number of aromatic nitrogens is 4. The third kappa shape index (κ3) is 1.05. The highest BCUT2D eigenvalue weighted by atomic mass is 15.3. The van der Waals surface area contributed by atoms with Crippen LogP contribution in [-0.4, -0.2) is 32.7 Å². The average molecular weight is 189 g/mol. The second kappa shape index (κ2) is 2.94. The van der Waals surface area contributed by atoms with Crippen LogP contribution in [0, 0.1) is 0 Å². The Morgan fingerprint density at radius 3 is 2.93 bits per heavy atom. The highest BCUT2D eigenvalue weighted by Gasteiger charge is 2.17. The highest BCUT2D eigenvalue weighted by Crippen LogP contribution is 2.20. The lowest BCUT2D eigenvalue weighted by Crippen LogP contribution is -2.19. The fourth-order valence-electron chi connectivity index (χ4n) is 1.90. The molecule has 0 aliphatic carbocycles. The van der Waals surface area contributed by atoms with Gasteiger partial charge in [0, 0.05) is 25.5 Å². The SMILES string of the molecule is c1cn2cnnc2c(N2CCCC2)n1.